The van der Waals surface area contributed by atoms with Crippen LogP contribution in [0.2, 0.25) is 0 Å². The first kappa shape index (κ1) is 15.0. The Bertz CT molecular complexity index is 655. The first-order valence-corrected chi connectivity index (χ1v) is 6.86. The van der Waals surface area contributed by atoms with E-state index in [0.29, 0.717) is 0 Å². The Kier molecular flexibility index (Phi) is 4.58. The minimum Gasteiger partial charge on any atom is -0.331 e. The summed E-state index contributed by atoms with van der Waals surface area (Å²) in [6.45, 7) is 5.97. The second kappa shape index (κ2) is 6.39. The summed E-state index contributed by atoms with van der Waals surface area (Å²) in [7, 11) is 0. The highest BCUT2D eigenvalue weighted by molar-refractivity contribution is 5.89. The van der Waals surface area contributed by atoms with Crippen molar-refractivity contribution in [1.29, 1.82) is 0 Å². The Morgan fingerprint density at radius 1 is 1.10 bits per heavy atom. The minimum atomic E-state index is -0.452. The molecule has 4 heteroatoms. The molecule has 2 amide bonds. The van der Waals surface area contributed by atoms with Gasteiger partial charge in [-0.25, -0.2) is 9.18 Å². The van der Waals surface area contributed by atoms with E-state index in [0.717, 1.165) is 5.56 Å². The zero-order valence-corrected chi connectivity index (χ0v) is 12.4. The molecule has 0 saturated carbocycles. The van der Waals surface area contributed by atoms with Crippen molar-refractivity contribution in [3.8, 4) is 0 Å². The number of carbonyl (C=O) groups excluding carboxylic acids is 1. The molecule has 110 valence electrons. The van der Waals surface area contributed by atoms with E-state index >= 15 is 0 Å². The van der Waals surface area contributed by atoms with Crippen molar-refractivity contribution in [2.24, 2.45) is 0 Å². The van der Waals surface area contributed by atoms with Crippen LogP contribution in [0.5, 0.6) is 0 Å². The number of anilines is 1. The molecule has 2 N–H and O–H groups in total. The molecule has 0 radical (unpaired) electrons. The highest BCUT2D eigenvalue weighted by Gasteiger charge is 2.11. The number of carbonyl (C=O) groups is 1. The lowest BCUT2D eigenvalue weighted by Gasteiger charge is -2.16. The third-order valence-electron chi connectivity index (χ3n) is 3.50. The normalized spacial score (nSPS) is 11.8. The summed E-state index contributed by atoms with van der Waals surface area (Å²) in [5.74, 6) is -0.452. The van der Waals surface area contributed by atoms with Crippen LogP contribution in [-0.2, 0) is 0 Å². The van der Waals surface area contributed by atoms with E-state index in [1.54, 1.807) is 12.1 Å². The van der Waals surface area contributed by atoms with Gasteiger partial charge in [-0.2, -0.15) is 0 Å². The number of urea groups is 1. The number of hydrogen-bond acceptors (Lipinski definition) is 1. The van der Waals surface area contributed by atoms with Crippen LogP contribution in [0.3, 0.4) is 0 Å². The third kappa shape index (κ3) is 3.81. The molecule has 0 aliphatic rings. The van der Waals surface area contributed by atoms with Gasteiger partial charge in [0, 0.05) is 0 Å². The average Bonchev–Trinajstić information content (AvgIpc) is 2.44. The highest BCUT2D eigenvalue weighted by atomic mass is 19.1. The molecule has 2 aromatic rings. The summed E-state index contributed by atoms with van der Waals surface area (Å²) in [5.41, 5.74) is 3.57. The molecule has 3 nitrogen and oxygen atoms in total. The van der Waals surface area contributed by atoms with Crippen LogP contribution in [0.25, 0.3) is 0 Å². The van der Waals surface area contributed by atoms with Crippen molar-refractivity contribution >= 4 is 11.7 Å². The number of rotatable bonds is 3. The van der Waals surface area contributed by atoms with E-state index in [-0.39, 0.29) is 11.7 Å². The number of para-hydroxylation sites is 1. The molecule has 0 aliphatic carbocycles. The SMILES string of the molecule is Cc1ccc([C@@H](C)NC(=O)Nc2ccccc2F)cc1C. The molecule has 21 heavy (non-hydrogen) atoms. The predicted octanol–water partition coefficient (Wildman–Crippen LogP) is 4.33. The summed E-state index contributed by atoms with van der Waals surface area (Å²) < 4.78 is 13.5. The molecule has 0 aromatic heterocycles. The minimum absolute atomic E-state index is 0.156. The van der Waals surface area contributed by atoms with Crippen LogP contribution >= 0.6 is 0 Å². The van der Waals surface area contributed by atoms with Gasteiger partial charge in [-0.3, -0.25) is 0 Å². The van der Waals surface area contributed by atoms with E-state index in [1.165, 1.54) is 23.3 Å². The molecular weight excluding hydrogens is 267 g/mol. The monoisotopic (exact) mass is 286 g/mol. The van der Waals surface area contributed by atoms with Crippen molar-refractivity contribution in [2.45, 2.75) is 26.8 Å². The molecule has 0 fully saturated rings. The van der Waals surface area contributed by atoms with Crippen molar-refractivity contribution in [2.75, 3.05) is 5.32 Å². The molecular formula is C17H19FN2O. The summed E-state index contributed by atoms with van der Waals surface area (Å²) in [6.07, 6.45) is 0. The fourth-order valence-corrected chi connectivity index (χ4v) is 2.03. The van der Waals surface area contributed by atoms with E-state index < -0.39 is 11.8 Å². The summed E-state index contributed by atoms with van der Waals surface area (Å²) in [6, 6.07) is 11.6. The topological polar surface area (TPSA) is 41.1 Å². The van der Waals surface area contributed by atoms with Gasteiger partial charge in [-0.1, -0.05) is 30.3 Å². The molecule has 0 bridgehead atoms. The van der Waals surface area contributed by atoms with E-state index in [9.17, 15) is 9.18 Å². The van der Waals surface area contributed by atoms with Gasteiger partial charge in [0.1, 0.15) is 5.82 Å². The zero-order valence-electron chi connectivity index (χ0n) is 12.4. The van der Waals surface area contributed by atoms with Crippen LogP contribution in [0.1, 0.15) is 29.7 Å². The van der Waals surface area contributed by atoms with Gasteiger partial charge in [-0.15, -0.1) is 0 Å². The molecule has 0 unspecified atom stereocenters. The van der Waals surface area contributed by atoms with Gasteiger partial charge in [0.25, 0.3) is 0 Å². The van der Waals surface area contributed by atoms with Crippen LogP contribution in [0.15, 0.2) is 42.5 Å². The Morgan fingerprint density at radius 3 is 2.48 bits per heavy atom. The fourth-order valence-electron chi connectivity index (χ4n) is 2.03. The smallest absolute Gasteiger partial charge is 0.319 e. The lowest BCUT2D eigenvalue weighted by atomic mass is 10.0. The second-order valence-electron chi connectivity index (χ2n) is 5.14. The second-order valence-corrected chi connectivity index (χ2v) is 5.14. The number of hydrogen-bond donors (Lipinski definition) is 2. The molecule has 2 aromatic carbocycles. The Morgan fingerprint density at radius 2 is 1.81 bits per heavy atom. The Hall–Kier alpha value is -2.36. The predicted molar refractivity (Wildman–Crippen MR) is 82.9 cm³/mol. The molecule has 0 spiro atoms. The Balaban J connectivity index is 2.02. The number of amides is 2. The molecule has 0 saturated heterocycles. The van der Waals surface area contributed by atoms with Gasteiger partial charge in [-0.05, 0) is 49.6 Å². The summed E-state index contributed by atoms with van der Waals surface area (Å²) in [4.78, 5) is 11.9. The average molecular weight is 286 g/mol. The number of aryl methyl sites for hydroxylation is 2. The summed E-state index contributed by atoms with van der Waals surface area (Å²) in [5, 5.41) is 5.31. The van der Waals surface area contributed by atoms with Gasteiger partial charge in [0.2, 0.25) is 0 Å². The largest absolute Gasteiger partial charge is 0.331 e. The fraction of sp³-hybridized carbons (Fsp3) is 0.235. The quantitative estimate of drug-likeness (QED) is 0.866. The number of nitrogens with one attached hydrogen (secondary N) is 2. The first-order chi connectivity index (χ1) is 9.97. The van der Waals surface area contributed by atoms with Crippen LogP contribution in [0.4, 0.5) is 14.9 Å². The first-order valence-electron chi connectivity index (χ1n) is 6.86. The van der Waals surface area contributed by atoms with E-state index in [1.807, 2.05) is 39.0 Å². The lowest BCUT2D eigenvalue weighted by Crippen LogP contribution is -2.31. The maximum absolute atomic E-state index is 13.5. The number of benzene rings is 2. The van der Waals surface area contributed by atoms with Gasteiger partial charge >= 0.3 is 6.03 Å². The van der Waals surface area contributed by atoms with E-state index in [4.69, 9.17) is 0 Å². The standard InChI is InChI=1S/C17H19FN2O/c1-11-8-9-14(10-12(11)2)13(3)19-17(21)20-16-7-5-4-6-15(16)18/h4-10,13H,1-3H3,(H2,19,20,21)/t13-/m1/s1. The van der Waals surface area contributed by atoms with Crippen molar-refractivity contribution in [1.82, 2.24) is 5.32 Å². The van der Waals surface area contributed by atoms with Gasteiger partial charge in [0.05, 0.1) is 11.7 Å². The van der Waals surface area contributed by atoms with E-state index in [2.05, 4.69) is 10.6 Å². The number of halogens is 1. The van der Waals surface area contributed by atoms with Crippen molar-refractivity contribution < 1.29 is 9.18 Å². The van der Waals surface area contributed by atoms with Crippen LogP contribution < -0.4 is 10.6 Å². The van der Waals surface area contributed by atoms with Crippen LogP contribution in [0, 0.1) is 19.7 Å². The molecule has 2 rings (SSSR count). The van der Waals surface area contributed by atoms with Crippen molar-refractivity contribution in [3.63, 3.8) is 0 Å². The van der Waals surface area contributed by atoms with Gasteiger partial charge in [0.15, 0.2) is 0 Å². The van der Waals surface area contributed by atoms with Crippen LogP contribution in [-0.4, -0.2) is 6.03 Å². The van der Waals surface area contributed by atoms with Crippen molar-refractivity contribution in [3.05, 3.63) is 65.0 Å². The maximum Gasteiger partial charge on any atom is 0.319 e. The highest BCUT2D eigenvalue weighted by Crippen LogP contribution is 2.17. The third-order valence-corrected chi connectivity index (χ3v) is 3.50. The lowest BCUT2D eigenvalue weighted by molar-refractivity contribution is 0.249. The zero-order chi connectivity index (χ0) is 15.4. The van der Waals surface area contributed by atoms with Gasteiger partial charge < -0.3 is 10.6 Å². The maximum atomic E-state index is 13.5. The molecule has 1 atom stereocenters. The summed E-state index contributed by atoms with van der Waals surface area (Å²) >= 11 is 0. The molecule has 0 aliphatic heterocycles. The Labute approximate surface area is 124 Å². The molecule has 0 heterocycles.